The van der Waals surface area contributed by atoms with E-state index in [0.29, 0.717) is 11.5 Å². The first-order valence-electron chi connectivity index (χ1n) is 12.4. The second kappa shape index (κ2) is 19.7. The third-order valence-corrected chi connectivity index (χ3v) is 5.74. The van der Waals surface area contributed by atoms with Crippen LogP contribution < -0.4 is 16.4 Å². The first-order chi connectivity index (χ1) is 16.1. The molecule has 0 spiro atoms. The molecule has 8 nitrogen and oxygen atoms in total. The SMILES string of the molecule is C1CC1.C=C(C=O)C(CC1CC1)NC(=O)C1CCCN1C.CN.CNC(C=O)C(C)(C)C.CO. The van der Waals surface area contributed by atoms with Gasteiger partial charge in [0.05, 0.1) is 18.1 Å². The quantitative estimate of drug-likeness (QED) is 0.308. The fourth-order valence-electron chi connectivity index (χ4n) is 3.29. The maximum Gasteiger partial charge on any atom is 0.237 e. The van der Waals surface area contributed by atoms with Gasteiger partial charge in [-0.3, -0.25) is 14.5 Å². The van der Waals surface area contributed by atoms with Crippen LogP contribution in [0, 0.1) is 11.3 Å². The number of rotatable bonds is 8. The Kier molecular flexibility index (Phi) is 20.0. The monoisotopic (exact) mass is 484 g/mol. The fourth-order valence-corrected chi connectivity index (χ4v) is 3.29. The van der Waals surface area contributed by atoms with Crippen molar-refractivity contribution in [3.05, 3.63) is 12.2 Å². The van der Waals surface area contributed by atoms with Crippen molar-refractivity contribution in [1.82, 2.24) is 15.5 Å². The van der Waals surface area contributed by atoms with Gasteiger partial charge in [-0.25, -0.2) is 0 Å². The Morgan fingerprint density at radius 3 is 1.91 bits per heavy atom. The van der Waals surface area contributed by atoms with Crippen LogP contribution in [0.2, 0.25) is 0 Å². The van der Waals surface area contributed by atoms with Crippen molar-refractivity contribution >= 4 is 18.5 Å². The molecule has 1 amide bonds. The first-order valence-corrected chi connectivity index (χ1v) is 12.4. The highest BCUT2D eigenvalue weighted by Gasteiger charge is 2.32. The minimum Gasteiger partial charge on any atom is -0.400 e. The molecule has 3 fully saturated rings. The van der Waals surface area contributed by atoms with Gasteiger partial charge in [-0.1, -0.05) is 59.5 Å². The van der Waals surface area contributed by atoms with E-state index in [1.807, 2.05) is 27.8 Å². The zero-order chi connectivity index (χ0) is 26.7. The van der Waals surface area contributed by atoms with Crippen molar-refractivity contribution < 1.29 is 19.5 Å². The van der Waals surface area contributed by atoms with E-state index in [1.54, 1.807) is 7.05 Å². The summed E-state index contributed by atoms with van der Waals surface area (Å²) in [4.78, 5) is 35.4. The van der Waals surface area contributed by atoms with Gasteiger partial charge in [0.2, 0.25) is 5.91 Å². The second-order valence-corrected chi connectivity index (χ2v) is 9.90. The molecule has 200 valence electrons. The number of nitrogens with two attached hydrogens (primary N) is 1. The smallest absolute Gasteiger partial charge is 0.237 e. The van der Waals surface area contributed by atoms with Crippen LogP contribution in [0.5, 0.6) is 0 Å². The number of nitrogens with one attached hydrogen (secondary N) is 2. The van der Waals surface area contributed by atoms with Crippen LogP contribution in [0.25, 0.3) is 0 Å². The number of carbonyl (C=O) groups is 3. The van der Waals surface area contributed by atoms with E-state index in [9.17, 15) is 14.4 Å². The normalized spacial score (nSPS) is 20.1. The molecule has 8 heteroatoms. The summed E-state index contributed by atoms with van der Waals surface area (Å²) in [5.74, 6) is 0.706. The number of carbonyl (C=O) groups excluding carboxylic acids is 3. The summed E-state index contributed by atoms with van der Waals surface area (Å²) < 4.78 is 0. The Balaban J connectivity index is 0. The van der Waals surface area contributed by atoms with Gasteiger partial charge in [0.15, 0.2) is 0 Å². The van der Waals surface area contributed by atoms with Crippen LogP contribution in [0.3, 0.4) is 0 Å². The largest absolute Gasteiger partial charge is 0.400 e. The number of hydrogen-bond acceptors (Lipinski definition) is 7. The van der Waals surface area contributed by atoms with Crippen LogP contribution in [0.1, 0.15) is 72.1 Å². The lowest BCUT2D eigenvalue weighted by atomic mass is 9.88. The molecule has 0 aromatic heterocycles. The number of hydrogen-bond donors (Lipinski definition) is 4. The predicted octanol–water partition coefficient (Wildman–Crippen LogP) is 2.29. The molecular weight excluding hydrogens is 432 g/mol. The Labute approximate surface area is 208 Å². The summed E-state index contributed by atoms with van der Waals surface area (Å²) in [5.41, 5.74) is 5.03. The Bertz CT molecular complexity index is 569. The standard InChI is InChI=1S/C14H22N2O2.C7H15NO.C3H6.CH5N.CH4O/c1-10(9-17)12(8-11-5-6-11)15-14(18)13-4-3-7-16(13)2;1-7(2,3)6(5-9)8-4;1-2-3-1;2*1-2/h9,11-13H,1,3-8H2,2H3,(H,15,18);5-6,8H,1-4H3;1-3H2;2H2,1H3;2H,1H3. The summed E-state index contributed by atoms with van der Waals surface area (Å²) in [6, 6.07) is -0.236. The van der Waals surface area contributed by atoms with Crippen molar-refractivity contribution in [1.29, 1.82) is 0 Å². The molecule has 3 atom stereocenters. The van der Waals surface area contributed by atoms with Crippen molar-refractivity contribution in [2.24, 2.45) is 17.1 Å². The molecule has 3 rings (SSSR count). The zero-order valence-electron chi connectivity index (χ0n) is 22.7. The molecule has 0 radical (unpaired) electrons. The molecule has 2 saturated carbocycles. The Morgan fingerprint density at radius 2 is 1.65 bits per heavy atom. The molecule has 3 aliphatic rings. The van der Waals surface area contributed by atoms with Crippen molar-refractivity contribution in [2.75, 3.05) is 34.8 Å². The van der Waals surface area contributed by atoms with Crippen LogP contribution in [-0.4, -0.2) is 81.4 Å². The van der Waals surface area contributed by atoms with Crippen LogP contribution in [-0.2, 0) is 14.4 Å². The van der Waals surface area contributed by atoms with Crippen molar-refractivity contribution in [2.45, 2.75) is 90.3 Å². The van der Waals surface area contributed by atoms with Crippen LogP contribution in [0.15, 0.2) is 12.2 Å². The number of amides is 1. The van der Waals surface area contributed by atoms with E-state index in [1.165, 1.54) is 39.2 Å². The molecule has 1 heterocycles. The first kappa shape index (κ1) is 34.6. The van der Waals surface area contributed by atoms with E-state index < -0.39 is 0 Å². The second-order valence-electron chi connectivity index (χ2n) is 9.90. The molecule has 2 aliphatic carbocycles. The molecule has 1 aliphatic heterocycles. The van der Waals surface area contributed by atoms with E-state index in [2.05, 4.69) is 27.8 Å². The van der Waals surface area contributed by atoms with Gasteiger partial charge >= 0.3 is 0 Å². The van der Waals surface area contributed by atoms with E-state index in [4.69, 9.17) is 5.11 Å². The molecule has 5 N–H and O–H groups in total. The summed E-state index contributed by atoms with van der Waals surface area (Å²) in [5, 5.41) is 12.9. The highest BCUT2D eigenvalue weighted by Crippen LogP contribution is 2.34. The number of aldehydes is 2. The average Bonchev–Trinajstić information content (AvgIpc) is 3.75. The van der Waals surface area contributed by atoms with Crippen molar-refractivity contribution in [3.8, 4) is 0 Å². The third-order valence-electron chi connectivity index (χ3n) is 5.74. The van der Waals surface area contributed by atoms with Crippen molar-refractivity contribution in [3.63, 3.8) is 0 Å². The highest BCUT2D eigenvalue weighted by molar-refractivity contribution is 5.84. The molecule has 3 unspecified atom stereocenters. The van der Waals surface area contributed by atoms with E-state index in [0.717, 1.165) is 45.5 Å². The van der Waals surface area contributed by atoms with Crippen LogP contribution in [0.4, 0.5) is 0 Å². The average molecular weight is 485 g/mol. The maximum atomic E-state index is 12.2. The van der Waals surface area contributed by atoms with E-state index in [-0.39, 0.29) is 29.4 Å². The van der Waals surface area contributed by atoms with E-state index >= 15 is 0 Å². The minimum absolute atomic E-state index is 0.0301. The van der Waals surface area contributed by atoms with Gasteiger partial charge in [0.1, 0.15) is 12.6 Å². The predicted molar refractivity (Wildman–Crippen MR) is 141 cm³/mol. The minimum atomic E-state index is -0.170. The summed E-state index contributed by atoms with van der Waals surface area (Å²) in [6.45, 7) is 10.8. The number of likely N-dealkylation sites (N-methyl/N-ethyl adjacent to an activating group) is 2. The topological polar surface area (TPSA) is 125 Å². The number of nitrogens with zero attached hydrogens (tertiary/aromatic N) is 1. The van der Waals surface area contributed by atoms with Gasteiger partial charge in [0.25, 0.3) is 0 Å². The summed E-state index contributed by atoms with van der Waals surface area (Å²) in [6.07, 6.45) is 11.5. The summed E-state index contributed by atoms with van der Waals surface area (Å²) >= 11 is 0. The maximum absolute atomic E-state index is 12.2. The third kappa shape index (κ3) is 16.1. The van der Waals surface area contributed by atoms with Gasteiger partial charge in [-0.05, 0) is 58.3 Å². The molecule has 0 aromatic carbocycles. The van der Waals surface area contributed by atoms with Gasteiger partial charge in [-0.15, -0.1) is 0 Å². The number of aliphatic hydroxyl groups excluding tert-OH is 1. The lowest BCUT2D eigenvalue weighted by molar-refractivity contribution is -0.125. The fraction of sp³-hybridized carbons (Fsp3) is 0.808. The Hall–Kier alpha value is -1.61. The van der Waals surface area contributed by atoms with Crippen LogP contribution >= 0.6 is 0 Å². The van der Waals surface area contributed by atoms with Gasteiger partial charge in [0, 0.05) is 12.7 Å². The number of aliphatic hydroxyl groups is 1. The molecule has 34 heavy (non-hydrogen) atoms. The molecular formula is C26H52N4O4. The highest BCUT2D eigenvalue weighted by atomic mass is 16.2. The van der Waals surface area contributed by atoms with Gasteiger partial charge in [-0.2, -0.15) is 0 Å². The lowest BCUT2D eigenvalue weighted by Gasteiger charge is -2.24. The Morgan fingerprint density at radius 1 is 1.12 bits per heavy atom. The van der Waals surface area contributed by atoms with Gasteiger partial charge < -0.3 is 26.3 Å². The molecule has 1 saturated heterocycles. The summed E-state index contributed by atoms with van der Waals surface area (Å²) in [7, 11) is 6.27. The lowest BCUT2D eigenvalue weighted by Crippen LogP contribution is -2.46. The zero-order valence-corrected chi connectivity index (χ0v) is 22.7. The molecule has 0 bridgehead atoms. The number of likely N-dealkylation sites (tertiary alicyclic amines) is 1. The molecule has 0 aromatic rings.